The Morgan fingerprint density at radius 1 is 1.33 bits per heavy atom. The van der Waals surface area contributed by atoms with Gasteiger partial charge in [0.25, 0.3) is 0 Å². The Kier molecular flexibility index (Phi) is 2.05. The first-order chi connectivity index (χ1) is 5.83. The van der Waals surface area contributed by atoms with Gasteiger partial charge < -0.3 is 0 Å². The maximum Gasteiger partial charge on any atom is 0.00921 e. The average Bonchev–Trinajstić information content (AvgIpc) is 2.40. The molecule has 0 unspecified atom stereocenters. The Labute approximate surface area is 77.9 Å². The van der Waals surface area contributed by atoms with E-state index in [4.69, 9.17) is 0 Å². The van der Waals surface area contributed by atoms with Crippen LogP contribution in [0, 0.1) is 6.92 Å². The van der Waals surface area contributed by atoms with Crippen molar-refractivity contribution in [1.82, 2.24) is 0 Å². The number of thiophene rings is 1. The van der Waals surface area contributed by atoms with Crippen LogP contribution in [0.15, 0.2) is 6.58 Å². The molecule has 64 valence electrons. The zero-order valence-corrected chi connectivity index (χ0v) is 8.34. The zero-order chi connectivity index (χ0) is 8.55. The van der Waals surface area contributed by atoms with Gasteiger partial charge in [0.1, 0.15) is 0 Å². The Morgan fingerprint density at radius 3 is 2.83 bits per heavy atom. The molecule has 0 fully saturated rings. The second-order valence-corrected chi connectivity index (χ2v) is 4.69. The van der Waals surface area contributed by atoms with Gasteiger partial charge in [0.2, 0.25) is 0 Å². The Morgan fingerprint density at radius 2 is 2.08 bits per heavy atom. The molecular weight excluding hydrogens is 164 g/mol. The minimum absolute atomic E-state index is 1.28. The predicted molar refractivity (Wildman–Crippen MR) is 55.8 cm³/mol. The molecule has 1 aliphatic carbocycles. The third-order valence-corrected chi connectivity index (χ3v) is 3.83. The molecule has 1 aromatic heterocycles. The van der Waals surface area contributed by atoms with Crippen molar-refractivity contribution >= 4 is 17.4 Å². The first-order valence-electron chi connectivity index (χ1n) is 4.56. The number of fused-ring (bicyclic) bond motifs is 1. The van der Waals surface area contributed by atoms with Crippen LogP contribution >= 0.6 is 11.3 Å². The summed E-state index contributed by atoms with van der Waals surface area (Å²) >= 11 is 1.97. The fourth-order valence-electron chi connectivity index (χ4n) is 1.99. The number of hydrogen-bond donors (Lipinski definition) is 0. The van der Waals surface area contributed by atoms with Gasteiger partial charge in [0.05, 0.1) is 0 Å². The summed E-state index contributed by atoms with van der Waals surface area (Å²) in [7, 11) is 0. The fourth-order valence-corrected chi connectivity index (χ4v) is 3.26. The average molecular weight is 178 g/mol. The lowest BCUT2D eigenvalue weighted by molar-refractivity contribution is 0.696. The van der Waals surface area contributed by atoms with Gasteiger partial charge in [0, 0.05) is 9.75 Å². The Balaban J connectivity index is 2.53. The molecule has 0 saturated heterocycles. The first-order valence-corrected chi connectivity index (χ1v) is 5.38. The molecule has 1 aromatic rings. The summed E-state index contributed by atoms with van der Waals surface area (Å²) in [5.41, 5.74) is 3.02. The van der Waals surface area contributed by atoms with Gasteiger partial charge in [-0.2, -0.15) is 0 Å². The summed E-state index contributed by atoms with van der Waals surface area (Å²) in [6.45, 7) is 6.09. The van der Waals surface area contributed by atoms with Crippen LogP contribution in [0.5, 0.6) is 0 Å². The standard InChI is InChI=1S/C11H14S/c1-3-9-8(2)12-11-7-5-4-6-10(9)11/h3H,1,4-7H2,2H3. The van der Waals surface area contributed by atoms with E-state index in [2.05, 4.69) is 13.5 Å². The Bertz CT molecular complexity index is 307. The molecule has 0 nitrogen and oxygen atoms in total. The van der Waals surface area contributed by atoms with Crippen LogP contribution in [-0.2, 0) is 12.8 Å². The normalized spacial score (nSPS) is 15.8. The summed E-state index contributed by atoms with van der Waals surface area (Å²) in [5.74, 6) is 0. The van der Waals surface area contributed by atoms with Crippen molar-refractivity contribution in [1.29, 1.82) is 0 Å². The van der Waals surface area contributed by atoms with E-state index in [9.17, 15) is 0 Å². The van der Waals surface area contributed by atoms with Crippen molar-refractivity contribution in [2.75, 3.05) is 0 Å². The van der Waals surface area contributed by atoms with E-state index in [1.54, 1.807) is 10.4 Å². The van der Waals surface area contributed by atoms with E-state index in [-0.39, 0.29) is 0 Å². The molecule has 1 heterocycles. The van der Waals surface area contributed by atoms with E-state index >= 15 is 0 Å². The third kappa shape index (κ3) is 1.13. The van der Waals surface area contributed by atoms with E-state index in [1.165, 1.54) is 36.1 Å². The predicted octanol–water partition coefficient (Wildman–Crippen LogP) is 3.58. The molecule has 0 spiro atoms. The topological polar surface area (TPSA) is 0 Å². The van der Waals surface area contributed by atoms with Crippen molar-refractivity contribution in [2.24, 2.45) is 0 Å². The summed E-state index contributed by atoms with van der Waals surface area (Å²) in [4.78, 5) is 3.07. The van der Waals surface area contributed by atoms with E-state index in [1.807, 2.05) is 17.4 Å². The van der Waals surface area contributed by atoms with Crippen LogP contribution in [0.1, 0.15) is 33.7 Å². The molecule has 1 aliphatic rings. The van der Waals surface area contributed by atoms with Gasteiger partial charge in [0.15, 0.2) is 0 Å². The van der Waals surface area contributed by atoms with E-state index in [0.717, 1.165) is 0 Å². The molecule has 0 aromatic carbocycles. The van der Waals surface area contributed by atoms with Crippen molar-refractivity contribution < 1.29 is 0 Å². The molecule has 0 bridgehead atoms. The lowest BCUT2D eigenvalue weighted by Crippen LogP contribution is -1.99. The summed E-state index contributed by atoms with van der Waals surface area (Å²) < 4.78 is 0. The van der Waals surface area contributed by atoms with Crippen molar-refractivity contribution in [3.8, 4) is 0 Å². The minimum Gasteiger partial charge on any atom is -0.145 e. The maximum absolute atomic E-state index is 3.88. The van der Waals surface area contributed by atoms with Gasteiger partial charge in [-0.25, -0.2) is 0 Å². The summed E-state index contributed by atoms with van der Waals surface area (Å²) in [6, 6.07) is 0. The van der Waals surface area contributed by atoms with E-state index < -0.39 is 0 Å². The minimum atomic E-state index is 1.28. The second kappa shape index (κ2) is 3.06. The van der Waals surface area contributed by atoms with Crippen molar-refractivity contribution in [3.63, 3.8) is 0 Å². The highest BCUT2D eigenvalue weighted by molar-refractivity contribution is 7.12. The van der Waals surface area contributed by atoms with Crippen molar-refractivity contribution in [3.05, 3.63) is 27.5 Å². The number of rotatable bonds is 1. The third-order valence-electron chi connectivity index (χ3n) is 2.60. The molecule has 0 atom stereocenters. The molecule has 2 rings (SSSR count). The van der Waals surface area contributed by atoms with Crippen LogP contribution < -0.4 is 0 Å². The van der Waals surface area contributed by atoms with Crippen LogP contribution in [0.2, 0.25) is 0 Å². The monoisotopic (exact) mass is 178 g/mol. The lowest BCUT2D eigenvalue weighted by atomic mass is 9.95. The van der Waals surface area contributed by atoms with E-state index in [0.29, 0.717) is 0 Å². The Hall–Kier alpha value is -0.560. The quantitative estimate of drug-likeness (QED) is 0.616. The molecule has 0 radical (unpaired) electrons. The summed E-state index contributed by atoms with van der Waals surface area (Å²) in [5, 5.41) is 0. The van der Waals surface area contributed by atoms with Gasteiger partial charge >= 0.3 is 0 Å². The first kappa shape index (κ1) is 8.06. The summed E-state index contributed by atoms with van der Waals surface area (Å²) in [6.07, 6.45) is 7.35. The zero-order valence-electron chi connectivity index (χ0n) is 7.52. The second-order valence-electron chi connectivity index (χ2n) is 3.38. The molecule has 0 aliphatic heterocycles. The smallest absolute Gasteiger partial charge is 0.00921 e. The number of hydrogen-bond acceptors (Lipinski definition) is 1. The molecule has 12 heavy (non-hydrogen) atoms. The molecular formula is C11H14S. The van der Waals surface area contributed by atoms with Crippen molar-refractivity contribution in [2.45, 2.75) is 32.6 Å². The molecule has 0 saturated carbocycles. The molecule has 0 N–H and O–H groups in total. The van der Waals surface area contributed by atoms with Gasteiger partial charge in [-0.3, -0.25) is 0 Å². The van der Waals surface area contributed by atoms with Crippen LogP contribution in [0.3, 0.4) is 0 Å². The largest absolute Gasteiger partial charge is 0.145 e. The highest BCUT2D eigenvalue weighted by Crippen LogP contribution is 2.34. The fraction of sp³-hybridized carbons (Fsp3) is 0.455. The van der Waals surface area contributed by atoms with Gasteiger partial charge in [-0.05, 0) is 43.7 Å². The van der Waals surface area contributed by atoms with Crippen LogP contribution in [0.25, 0.3) is 6.08 Å². The highest BCUT2D eigenvalue weighted by Gasteiger charge is 2.16. The lowest BCUT2D eigenvalue weighted by Gasteiger charge is -2.10. The van der Waals surface area contributed by atoms with Gasteiger partial charge in [-0.15, -0.1) is 11.3 Å². The molecule has 0 amide bonds. The SMILES string of the molecule is C=Cc1c(C)sc2c1CCCC2. The highest BCUT2D eigenvalue weighted by atomic mass is 32.1. The molecule has 1 heteroatoms. The maximum atomic E-state index is 3.88. The van der Waals surface area contributed by atoms with Crippen LogP contribution in [-0.4, -0.2) is 0 Å². The number of aryl methyl sites for hydroxylation is 2. The van der Waals surface area contributed by atoms with Gasteiger partial charge in [-0.1, -0.05) is 12.7 Å². The van der Waals surface area contributed by atoms with Crippen LogP contribution in [0.4, 0.5) is 0 Å².